The van der Waals surface area contributed by atoms with E-state index in [2.05, 4.69) is 5.32 Å². The van der Waals surface area contributed by atoms with Gasteiger partial charge in [-0.15, -0.1) is 0 Å². The average molecular weight is 347 g/mol. The lowest BCUT2D eigenvalue weighted by molar-refractivity contribution is -0.129. The average Bonchev–Trinajstić information content (AvgIpc) is 2.94. The first-order valence-corrected chi connectivity index (χ1v) is 7.97. The predicted octanol–water partition coefficient (Wildman–Crippen LogP) is 3.78. The van der Waals surface area contributed by atoms with Crippen LogP contribution in [0, 0.1) is 18.7 Å². The summed E-state index contributed by atoms with van der Waals surface area (Å²) in [6, 6.07) is 10.8. The molecule has 1 N–H and O–H groups in total. The van der Waals surface area contributed by atoms with Crippen LogP contribution in [0.3, 0.4) is 0 Å². The monoisotopic (exact) mass is 346 g/mol. The molecule has 6 heteroatoms. The second-order valence-electron chi connectivity index (χ2n) is 5.76. The Hall–Kier alpha value is -2.40. The summed E-state index contributed by atoms with van der Waals surface area (Å²) < 4.78 is 12.9. The summed E-state index contributed by atoms with van der Waals surface area (Å²) in [5, 5.41) is 3.24. The number of nitrogens with zero attached hydrogens (tertiary/aromatic N) is 1. The lowest BCUT2D eigenvalue weighted by Gasteiger charge is -2.17. The maximum absolute atomic E-state index is 12.9. The van der Waals surface area contributed by atoms with Gasteiger partial charge in [0.2, 0.25) is 11.8 Å². The molecule has 2 aromatic carbocycles. The van der Waals surface area contributed by atoms with Crippen LogP contribution in [0.4, 0.5) is 15.8 Å². The van der Waals surface area contributed by atoms with Crippen LogP contribution >= 0.6 is 11.6 Å². The number of anilines is 2. The Morgan fingerprint density at radius 1 is 1.25 bits per heavy atom. The zero-order chi connectivity index (χ0) is 17.3. The minimum atomic E-state index is -0.755. The van der Waals surface area contributed by atoms with Gasteiger partial charge in [0, 0.05) is 22.9 Å². The summed E-state index contributed by atoms with van der Waals surface area (Å²) in [6.45, 7) is 2.34. The van der Waals surface area contributed by atoms with E-state index >= 15 is 0 Å². The number of hydrogen-bond acceptors (Lipinski definition) is 2. The maximum atomic E-state index is 12.9. The molecule has 2 amide bonds. The molecular formula is C18H16ClFN2O2. The number of nitrogens with one attached hydrogen (secondary N) is 1. The van der Waals surface area contributed by atoms with Gasteiger partial charge in [0.1, 0.15) is 11.7 Å². The second-order valence-corrected chi connectivity index (χ2v) is 6.17. The zero-order valence-corrected chi connectivity index (χ0v) is 13.8. The number of hydrogen-bond donors (Lipinski definition) is 1. The van der Waals surface area contributed by atoms with Crippen LogP contribution in [-0.2, 0) is 9.59 Å². The molecule has 0 aromatic heterocycles. The van der Waals surface area contributed by atoms with Crippen LogP contribution < -0.4 is 10.2 Å². The van der Waals surface area contributed by atoms with E-state index in [1.807, 2.05) is 19.1 Å². The molecule has 4 nitrogen and oxygen atoms in total. The summed E-state index contributed by atoms with van der Waals surface area (Å²) in [5.41, 5.74) is 2.08. The van der Waals surface area contributed by atoms with Crippen LogP contribution in [0.15, 0.2) is 42.5 Å². The topological polar surface area (TPSA) is 49.4 Å². The number of carbonyl (C=O) groups excluding carboxylic acids is 2. The van der Waals surface area contributed by atoms with E-state index in [1.54, 1.807) is 11.0 Å². The molecule has 3 rings (SSSR count). The fraction of sp³-hybridized carbons (Fsp3) is 0.222. The SMILES string of the molecule is Cc1ccc(N2CCC(C(=O)Nc3ccc(F)cc3)C2=O)cc1Cl. The van der Waals surface area contributed by atoms with Crippen molar-refractivity contribution in [2.45, 2.75) is 13.3 Å². The molecule has 0 radical (unpaired) electrons. The molecule has 0 spiro atoms. The van der Waals surface area contributed by atoms with Gasteiger partial charge >= 0.3 is 0 Å². The van der Waals surface area contributed by atoms with Gasteiger partial charge in [-0.05, 0) is 55.3 Å². The number of rotatable bonds is 3. The van der Waals surface area contributed by atoms with Crippen LogP contribution in [-0.4, -0.2) is 18.4 Å². The van der Waals surface area contributed by atoms with Crippen LogP contribution in [0.5, 0.6) is 0 Å². The van der Waals surface area contributed by atoms with E-state index in [0.29, 0.717) is 29.4 Å². The fourth-order valence-corrected chi connectivity index (χ4v) is 2.87. The summed E-state index contributed by atoms with van der Waals surface area (Å²) in [6.07, 6.45) is 0.428. The van der Waals surface area contributed by atoms with Crippen molar-refractivity contribution in [1.29, 1.82) is 0 Å². The van der Waals surface area contributed by atoms with Gasteiger partial charge in [-0.3, -0.25) is 9.59 Å². The molecule has 1 heterocycles. The van der Waals surface area contributed by atoms with E-state index < -0.39 is 5.92 Å². The highest BCUT2D eigenvalue weighted by atomic mass is 35.5. The molecular weight excluding hydrogens is 331 g/mol. The smallest absolute Gasteiger partial charge is 0.239 e. The summed E-state index contributed by atoms with van der Waals surface area (Å²) in [4.78, 5) is 26.4. The lowest BCUT2D eigenvalue weighted by atomic mass is 10.1. The molecule has 2 aromatic rings. The summed E-state index contributed by atoms with van der Waals surface area (Å²) >= 11 is 6.11. The van der Waals surface area contributed by atoms with Gasteiger partial charge in [0.25, 0.3) is 0 Å². The van der Waals surface area contributed by atoms with Crippen LogP contribution in [0.1, 0.15) is 12.0 Å². The highest BCUT2D eigenvalue weighted by molar-refractivity contribution is 6.31. The predicted molar refractivity (Wildman–Crippen MR) is 91.7 cm³/mol. The van der Waals surface area contributed by atoms with E-state index in [-0.39, 0.29) is 17.6 Å². The van der Waals surface area contributed by atoms with Gasteiger partial charge in [-0.1, -0.05) is 17.7 Å². The third-order valence-electron chi connectivity index (χ3n) is 4.10. The maximum Gasteiger partial charge on any atom is 0.239 e. The van der Waals surface area contributed by atoms with Crippen molar-refractivity contribution >= 4 is 34.8 Å². The molecule has 1 aliphatic heterocycles. The molecule has 0 saturated carbocycles. The zero-order valence-electron chi connectivity index (χ0n) is 13.1. The van der Waals surface area contributed by atoms with Crippen molar-refractivity contribution in [2.75, 3.05) is 16.8 Å². The Kier molecular flexibility index (Phi) is 4.53. The van der Waals surface area contributed by atoms with Crippen LogP contribution in [0.25, 0.3) is 0 Å². The van der Waals surface area contributed by atoms with Crippen molar-refractivity contribution in [3.8, 4) is 0 Å². The van der Waals surface area contributed by atoms with Gasteiger partial charge in [-0.25, -0.2) is 4.39 Å². The normalized spacial score (nSPS) is 17.2. The molecule has 0 aliphatic carbocycles. The minimum absolute atomic E-state index is 0.255. The first kappa shape index (κ1) is 16.5. The molecule has 124 valence electrons. The molecule has 1 fully saturated rings. The van der Waals surface area contributed by atoms with E-state index in [9.17, 15) is 14.0 Å². The van der Waals surface area contributed by atoms with Crippen molar-refractivity contribution in [2.24, 2.45) is 5.92 Å². The molecule has 0 bridgehead atoms. The van der Waals surface area contributed by atoms with E-state index in [0.717, 1.165) is 5.56 Å². The third-order valence-corrected chi connectivity index (χ3v) is 4.51. The minimum Gasteiger partial charge on any atom is -0.325 e. The largest absolute Gasteiger partial charge is 0.325 e. The Balaban J connectivity index is 1.72. The lowest BCUT2D eigenvalue weighted by Crippen LogP contribution is -2.33. The molecule has 1 saturated heterocycles. The molecule has 1 aliphatic rings. The third kappa shape index (κ3) is 3.26. The second kappa shape index (κ2) is 6.61. The number of benzene rings is 2. The van der Waals surface area contributed by atoms with Crippen LogP contribution in [0.2, 0.25) is 5.02 Å². The Morgan fingerprint density at radius 2 is 1.96 bits per heavy atom. The quantitative estimate of drug-likeness (QED) is 0.860. The number of carbonyl (C=O) groups is 2. The standard InChI is InChI=1S/C18H16ClFN2O2/c1-11-2-7-14(10-16(11)19)22-9-8-15(18(22)24)17(23)21-13-5-3-12(20)4-6-13/h2-7,10,15H,8-9H2,1H3,(H,21,23). The number of amides is 2. The van der Waals surface area contributed by atoms with E-state index in [1.165, 1.54) is 24.3 Å². The molecule has 24 heavy (non-hydrogen) atoms. The van der Waals surface area contributed by atoms with Crippen molar-refractivity contribution in [3.63, 3.8) is 0 Å². The van der Waals surface area contributed by atoms with E-state index in [4.69, 9.17) is 11.6 Å². The first-order valence-electron chi connectivity index (χ1n) is 7.59. The molecule has 1 atom stereocenters. The van der Waals surface area contributed by atoms with Gasteiger partial charge in [0.15, 0.2) is 0 Å². The fourth-order valence-electron chi connectivity index (χ4n) is 2.69. The molecule has 1 unspecified atom stereocenters. The number of aryl methyl sites for hydroxylation is 1. The van der Waals surface area contributed by atoms with Gasteiger partial charge in [0.05, 0.1) is 0 Å². The summed E-state index contributed by atoms with van der Waals surface area (Å²) in [5.74, 6) is -1.77. The highest BCUT2D eigenvalue weighted by Gasteiger charge is 2.37. The van der Waals surface area contributed by atoms with Crippen molar-refractivity contribution in [3.05, 3.63) is 58.9 Å². The Bertz CT molecular complexity index is 792. The Morgan fingerprint density at radius 3 is 2.62 bits per heavy atom. The van der Waals surface area contributed by atoms with Gasteiger partial charge in [-0.2, -0.15) is 0 Å². The number of halogens is 2. The van der Waals surface area contributed by atoms with Gasteiger partial charge < -0.3 is 10.2 Å². The highest BCUT2D eigenvalue weighted by Crippen LogP contribution is 2.29. The van der Waals surface area contributed by atoms with Crippen molar-refractivity contribution < 1.29 is 14.0 Å². The Labute approximate surface area is 144 Å². The first-order chi connectivity index (χ1) is 11.5. The van der Waals surface area contributed by atoms with Crippen molar-refractivity contribution in [1.82, 2.24) is 0 Å². The summed E-state index contributed by atoms with van der Waals surface area (Å²) in [7, 11) is 0.